The number of ether oxygens (including phenoxy) is 1. The summed E-state index contributed by atoms with van der Waals surface area (Å²) in [7, 11) is -0.396. The standard InChI is InChI=1S/C38H57NO4Si/c1-23-13-18-30-29(22-43-44(11,12)36(5,6)7)32(25(3)20-37(30,8)19-23)38(9)21-24(2)26(4)31-33(38)35(41)39(34(31)40)27-14-16-28(42-10)17-15-27/h14-17,20-21,23,26,29-33H,13,18-19,22H2,1-12H3/t23-,26?,29+,30+,31?,32-,33?,37+,38?/m0/s1. The van der Waals surface area contributed by atoms with Crippen molar-refractivity contribution in [2.75, 3.05) is 18.6 Å². The lowest BCUT2D eigenvalue weighted by Crippen LogP contribution is -2.55. The van der Waals surface area contributed by atoms with Gasteiger partial charge in [0.1, 0.15) is 5.75 Å². The molecular formula is C38H57NO4Si. The molecule has 4 unspecified atom stereocenters. The zero-order valence-electron chi connectivity index (χ0n) is 29.4. The van der Waals surface area contributed by atoms with Gasteiger partial charge < -0.3 is 9.16 Å². The molecule has 6 heteroatoms. The lowest BCUT2D eigenvalue weighted by atomic mass is 9.46. The van der Waals surface area contributed by atoms with Crippen molar-refractivity contribution < 1.29 is 18.8 Å². The van der Waals surface area contributed by atoms with Crippen LogP contribution in [-0.2, 0) is 14.0 Å². The number of imide groups is 1. The molecular weight excluding hydrogens is 563 g/mol. The van der Waals surface area contributed by atoms with E-state index in [0.29, 0.717) is 29.9 Å². The first-order valence-electron chi connectivity index (χ1n) is 16.9. The monoisotopic (exact) mass is 619 g/mol. The van der Waals surface area contributed by atoms with E-state index in [1.807, 2.05) is 24.3 Å². The van der Waals surface area contributed by atoms with Crippen molar-refractivity contribution >= 4 is 25.8 Å². The number of methoxy groups -OCH3 is 1. The van der Waals surface area contributed by atoms with Crippen LogP contribution in [-0.4, -0.2) is 33.8 Å². The third-order valence-electron chi connectivity index (χ3n) is 12.9. The smallest absolute Gasteiger partial charge is 0.238 e. The van der Waals surface area contributed by atoms with Crippen LogP contribution in [0.3, 0.4) is 0 Å². The molecule has 0 spiro atoms. The molecule has 4 aliphatic rings. The van der Waals surface area contributed by atoms with Gasteiger partial charge >= 0.3 is 0 Å². The Morgan fingerprint density at radius 2 is 1.57 bits per heavy atom. The fraction of sp³-hybridized carbons (Fsp3) is 0.684. The van der Waals surface area contributed by atoms with Crippen molar-refractivity contribution in [1.82, 2.24) is 0 Å². The lowest BCUT2D eigenvalue weighted by molar-refractivity contribution is -0.128. The first-order valence-corrected chi connectivity index (χ1v) is 19.8. The Balaban J connectivity index is 1.63. The fourth-order valence-electron chi connectivity index (χ4n) is 9.64. The molecule has 5 nitrogen and oxygen atoms in total. The van der Waals surface area contributed by atoms with E-state index < -0.39 is 19.7 Å². The molecule has 1 saturated carbocycles. The maximum absolute atomic E-state index is 14.7. The molecule has 9 atom stereocenters. The third-order valence-corrected chi connectivity index (χ3v) is 17.4. The topological polar surface area (TPSA) is 55.8 Å². The molecule has 1 aliphatic heterocycles. The molecule has 2 amide bonds. The highest BCUT2D eigenvalue weighted by atomic mass is 28.4. The summed E-state index contributed by atoms with van der Waals surface area (Å²) < 4.78 is 12.5. The van der Waals surface area contributed by atoms with Crippen molar-refractivity contribution in [2.24, 2.45) is 52.3 Å². The van der Waals surface area contributed by atoms with Crippen LogP contribution in [0.4, 0.5) is 5.69 Å². The first-order chi connectivity index (χ1) is 20.4. The third kappa shape index (κ3) is 5.26. The molecule has 1 aromatic rings. The van der Waals surface area contributed by atoms with Crippen molar-refractivity contribution in [3.63, 3.8) is 0 Å². The highest BCUT2D eigenvalue weighted by Gasteiger charge is 2.64. The Labute approximate surface area is 268 Å². The van der Waals surface area contributed by atoms with E-state index in [2.05, 4.69) is 87.6 Å². The molecule has 2 fully saturated rings. The number of rotatable bonds is 6. The molecule has 0 N–H and O–H groups in total. The van der Waals surface area contributed by atoms with E-state index >= 15 is 0 Å². The largest absolute Gasteiger partial charge is 0.497 e. The number of hydrogen-bond acceptors (Lipinski definition) is 4. The highest BCUT2D eigenvalue weighted by molar-refractivity contribution is 6.74. The minimum atomic E-state index is -2.02. The minimum Gasteiger partial charge on any atom is -0.497 e. The van der Waals surface area contributed by atoms with E-state index in [-0.39, 0.29) is 45.9 Å². The molecule has 44 heavy (non-hydrogen) atoms. The average molecular weight is 620 g/mol. The van der Waals surface area contributed by atoms with Crippen LogP contribution in [0.5, 0.6) is 5.75 Å². The first kappa shape index (κ1) is 33.2. The lowest BCUT2D eigenvalue weighted by Gasteiger charge is -2.58. The van der Waals surface area contributed by atoms with Gasteiger partial charge in [-0.05, 0) is 104 Å². The Morgan fingerprint density at radius 1 is 0.932 bits per heavy atom. The summed E-state index contributed by atoms with van der Waals surface area (Å²) in [6, 6.07) is 7.34. The molecule has 0 aromatic heterocycles. The van der Waals surface area contributed by atoms with Crippen LogP contribution in [0, 0.1) is 52.3 Å². The van der Waals surface area contributed by atoms with Gasteiger partial charge in [0.2, 0.25) is 11.8 Å². The van der Waals surface area contributed by atoms with Crippen LogP contribution in [0.25, 0.3) is 0 Å². The minimum absolute atomic E-state index is 0.00313. The molecule has 0 bridgehead atoms. The number of fused-ring (bicyclic) bond motifs is 2. The van der Waals surface area contributed by atoms with Gasteiger partial charge in [0.05, 0.1) is 24.6 Å². The van der Waals surface area contributed by atoms with E-state index in [0.717, 1.165) is 0 Å². The Kier molecular flexibility index (Phi) is 8.49. The molecule has 3 aliphatic carbocycles. The summed E-state index contributed by atoms with van der Waals surface area (Å²) in [5.41, 5.74) is 2.81. The van der Waals surface area contributed by atoms with Gasteiger partial charge in [-0.25, -0.2) is 0 Å². The summed E-state index contributed by atoms with van der Waals surface area (Å²) in [6.45, 7) is 26.1. The van der Waals surface area contributed by atoms with Crippen LogP contribution in [0.2, 0.25) is 18.1 Å². The summed E-state index contributed by atoms with van der Waals surface area (Å²) in [6.07, 6.45) is 8.57. The van der Waals surface area contributed by atoms with Gasteiger partial charge in [-0.15, -0.1) is 0 Å². The normalized spacial score (nSPS) is 37.7. The number of hydrogen-bond donors (Lipinski definition) is 0. The summed E-state index contributed by atoms with van der Waals surface area (Å²) >= 11 is 0. The van der Waals surface area contributed by atoms with Crippen LogP contribution in [0.1, 0.15) is 81.6 Å². The summed E-state index contributed by atoms with van der Waals surface area (Å²) in [5.74, 6) is 1.33. The zero-order chi connectivity index (χ0) is 32.6. The predicted octanol–water partition coefficient (Wildman–Crippen LogP) is 9.06. The second-order valence-electron chi connectivity index (χ2n) is 16.9. The number of anilines is 1. The molecule has 242 valence electrons. The number of amides is 2. The van der Waals surface area contributed by atoms with Gasteiger partial charge in [0.15, 0.2) is 8.32 Å². The van der Waals surface area contributed by atoms with E-state index in [1.165, 1.54) is 35.3 Å². The quantitative estimate of drug-likeness (QED) is 0.181. The van der Waals surface area contributed by atoms with E-state index in [1.54, 1.807) is 7.11 Å². The van der Waals surface area contributed by atoms with Crippen molar-refractivity contribution in [3.8, 4) is 5.75 Å². The Bertz CT molecular complexity index is 1360. The second-order valence-corrected chi connectivity index (χ2v) is 21.7. The van der Waals surface area contributed by atoms with Gasteiger partial charge in [-0.1, -0.05) is 78.2 Å². The van der Waals surface area contributed by atoms with E-state index in [4.69, 9.17) is 9.16 Å². The number of allylic oxidation sites excluding steroid dienone is 4. The average Bonchev–Trinajstić information content (AvgIpc) is 3.19. The maximum Gasteiger partial charge on any atom is 0.238 e. The molecule has 1 aromatic carbocycles. The summed E-state index contributed by atoms with van der Waals surface area (Å²) in [4.78, 5) is 30.4. The number of nitrogens with zero attached hydrogens (tertiary/aromatic N) is 1. The molecule has 1 saturated heterocycles. The Hall–Kier alpha value is -2.18. The van der Waals surface area contributed by atoms with Crippen molar-refractivity contribution in [2.45, 2.75) is 99.7 Å². The highest BCUT2D eigenvalue weighted by Crippen LogP contribution is 2.63. The fourth-order valence-corrected chi connectivity index (χ4v) is 10.7. The molecule has 0 radical (unpaired) electrons. The number of carbonyl (C=O) groups excluding carboxylic acids is 2. The number of carbonyl (C=O) groups is 2. The SMILES string of the molecule is COc1ccc(N2C(=O)C3C(C)C(C)=CC(C)([C@H]4C(C)=C[C@@]5(C)C[C@@H](C)CC[C@@H]5[C@H]4CO[Si](C)(C)C(C)(C)C)C3C2=O)cc1. The number of benzene rings is 1. The van der Waals surface area contributed by atoms with Gasteiger partial charge in [-0.3, -0.25) is 14.5 Å². The van der Waals surface area contributed by atoms with E-state index in [9.17, 15) is 9.59 Å². The zero-order valence-corrected chi connectivity index (χ0v) is 30.4. The van der Waals surface area contributed by atoms with Gasteiger partial charge in [-0.2, -0.15) is 0 Å². The van der Waals surface area contributed by atoms with Crippen LogP contribution < -0.4 is 9.64 Å². The van der Waals surface area contributed by atoms with Crippen LogP contribution in [0.15, 0.2) is 47.6 Å². The van der Waals surface area contributed by atoms with Crippen molar-refractivity contribution in [1.29, 1.82) is 0 Å². The Morgan fingerprint density at radius 3 is 2.16 bits per heavy atom. The van der Waals surface area contributed by atoms with Gasteiger partial charge in [0, 0.05) is 12.0 Å². The summed E-state index contributed by atoms with van der Waals surface area (Å²) in [5, 5.41) is 0.116. The van der Waals surface area contributed by atoms with Gasteiger partial charge in [0.25, 0.3) is 0 Å². The maximum atomic E-state index is 14.7. The van der Waals surface area contributed by atoms with Crippen LogP contribution >= 0.6 is 0 Å². The second kappa shape index (κ2) is 11.3. The molecule has 1 heterocycles. The molecule has 5 rings (SSSR count). The van der Waals surface area contributed by atoms with Crippen molar-refractivity contribution in [3.05, 3.63) is 47.6 Å². The predicted molar refractivity (Wildman–Crippen MR) is 182 cm³/mol.